The second-order valence-corrected chi connectivity index (χ2v) is 3.55. The van der Waals surface area contributed by atoms with Gasteiger partial charge in [-0.15, -0.1) is 0 Å². The molecule has 0 aliphatic carbocycles. The minimum atomic E-state index is 0.584. The summed E-state index contributed by atoms with van der Waals surface area (Å²) in [4.78, 5) is 8.42. The molecule has 0 atom stereocenters. The number of nitrogens with one attached hydrogen (secondary N) is 1. The lowest BCUT2D eigenvalue weighted by atomic mass is 10.3. The number of H-pyrrole nitrogens is 1. The van der Waals surface area contributed by atoms with Crippen LogP contribution in [0.15, 0.2) is 43.0 Å². The first-order valence-corrected chi connectivity index (χ1v) is 5.21. The summed E-state index contributed by atoms with van der Waals surface area (Å²) < 4.78 is 1.79. The van der Waals surface area contributed by atoms with Crippen molar-refractivity contribution in [1.29, 1.82) is 0 Å². The zero-order chi connectivity index (χ0) is 11.5. The molecular formula is C11H10N6. The number of hydrogen-bond acceptors (Lipinski definition) is 4. The Morgan fingerprint density at radius 2 is 2.24 bits per heavy atom. The molecule has 0 radical (unpaired) electrons. The van der Waals surface area contributed by atoms with Gasteiger partial charge in [-0.05, 0) is 18.2 Å². The van der Waals surface area contributed by atoms with E-state index in [-0.39, 0.29) is 0 Å². The molecule has 3 aromatic rings. The van der Waals surface area contributed by atoms with Crippen LogP contribution in [-0.2, 0) is 6.54 Å². The predicted molar refractivity (Wildman–Crippen MR) is 60.9 cm³/mol. The molecule has 0 fully saturated rings. The summed E-state index contributed by atoms with van der Waals surface area (Å²) in [5.41, 5.74) is 0.899. The van der Waals surface area contributed by atoms with Crippen molar-refractivity contribution in [3.63, 3.8) is 0 Å². The fourth-order valence-corrected chi connectivity index (χ4v) is 1.54. The molecule has 0 saturated heterocycles. The van der Waals surface area contributed by atoms with Gasteiger partial charge in [0.1, 0.15) is 12.4 Å². The Balaban J connectivity index is 1.84. The van der Waals surface area contributed by atoms with Crippen LogP contribution in [0, 0.1) is 0 Å². The van der Waals surface area contributed by atoms with E-state index in [0.717, 1.165) is 11.4 Å². The van der Waals surface area contributed by atoms with Gasteiger partial charge in [-0.25, -0.2) is 4.98 Å². The maximum atomic E-state index is 4.39. The largest absolute Gasteiger partial charge is 0.265 e. The summed E-state index contributed by atoms with van der Waals surface area (Å²) in [6.07, 6.45) is 7.08. The summed E-state index contributed by atoms with van der Waals surface area (Å²) in [6, 6.07) is 5.66. The van der Waals surface area contributed by atoms with E-state index < -0.39 is 0 Å². The van der Waals surface area contributed by atoms with Crippen LogP contribution in [0.25, 0.3) is 11.4 Å². The van der Waals surface area contributed by atoms with E-state index in [1.54, 1.807) is 23.3 Å². The number of aromatic amines is 1. The highest BCUT2D eigenvalue weighted by molar-refractivity contribution is 5.52. The Morgan fingerprint density at radius 1 is 1.24 bits per heavy atom. The van der Waals surface area contributed by atoms with Crippen LogP contribution in [0.3, 0.4) is 0 Å². The maximum Gasteiger partial charge on any atom is 0.182 e. The van der Waals surface area contributed by atoms with Gasteiger partial charge in [0, 0.05) is 30.4 Å². The molecule has 0 aromatic carbocycles. The zero-order valence-corrected chi connectivity index (χ0v) is 8.98. The molecule has 84 valence electrons. The smallest absolute Gasteiger partial charge is 0.182 e. The Morgan fingerprint density at radius 3 is 3.00 bits per heavy atom. The fraction of sp³-hybridized carbons (Fsp3) is 0.0909. The molecule has 1 N–H and O–H groups in total. The Hall–Kier alpha value is -2.50. The Labute approximate surface area is 97.4 Å². The van der Waals surface area contributed by atoms with Crippen molar-refractivity contribution < 1.29 is 0 Å². The van der Waals surface area contributed by atoms with Crippen molar-refractivity contribution in [2.75, 3.05) is 0 Å². The lowest BCUT2D eigenvalue weighted by Crippen LogP contribution is -2.01. The molecule has 0 amide bonds. The monoisotopic (exact) mass is 226 g/mol. The van der Waals surface area contributed by atoms with Gasteiger partial charge in [0.25, 0.3) is 0 Å². The van der Waals surface area contributed by atoms with Crippen LogP contribution >= 0.6 is 0 Å². The molecular weight excluding hydrogens is 216 g/mol. The molecule has 0 bridgehead atoms. The minimum absolute atomic E-state index is 0.584. The molecule has 6 nitrogen and oxygen atoms in total. The van der Waals surface area contributed by atoms with Crippen molar-refractivity contribution in [1.82, 2.24) is 29.9 Å². The third-order valence-corrected chi connectivity index (χ3v) is 2.32. The highest BCUT2D eigenvalue weighted by Gasteiger charge is 2.05. The summed E-state index contributed by atoms with van der Waals surface area (Å²) in [6.45, 7) is 0.584. The maximum absolute atomic E-state index is 4.39. The van der Waals surface area contributed by atoms with Crippen LogP contribution in [0.5, 0.6) is 0 Å². The van der Waals surface area contributed by atoms with Crippen molar-refractivity contribution in [3.8, 4) is 11.4 Å². The lowest BCUT2D eigenvalue weighted by Gasteiger charge is -1.95. The Bertz CT molecular complexity index is 583. The third-order valence-electron chi connectivity index (χ3n) is 2.32. The van der Waals surface area contributed by atoms with Crippen molar-refractivity contribution in [2.24, 2.45) is 0 Å². The van der Waals surface area contributed by atoms with Crippen molar-refractivity contribution >= 4 is 0 Å². The fourth-order valence-electron chi connectivity index (χ4n) is 1.54. The van der Waals surface area contributed by atoms with Gasteiger partial charge in [-0.1, -0.05) is 0 Å². The Kier molecular flexibility index (Phi) is 2.38. The molecule has 3 rings (SSSR count). The van der Waals surface area contributed by atoms with Gasteiger partial charge >= 0.3 is 0 Å². The van der Waals surface area contributed by atoms with E-state index in [9.17, 15) is 0 Å². The summed E-state index contributed by atoms with van der Waals surface area (Å²) in [5, 5.41) is 11.2. The molecule has 17 heavy (non-hydrogen) atoms. The SMILES string of the molecule is c1cncc(-c2n[nH]c(Cn3cccn3)n2)c1. The minimum Gasteiger partial charge on any atom is -0.265 e. The van der Waals surface area contributed by atoms with Gasteiger partial charge in [0.15, 0.2) is 5.82 Å². The molecule has 0 spiro atoms. The molecule has 0 unspecified atom stereocenters. The quantitative estimate of drug-likeness (QED) is 0.726. The molecule has 0 aliphatic heterocycles. The summed E-state index contributed by atoms with van der Waals surface area (Å²) >= 11 is 0. The molecule has 0 saturated carbocycles. The number of rotatable bonds is 3. The van der Waals surface area contributed by atoms with E-state index in [0.29, 0.717) is 12.4 Å². The predicted octanol–water partition coefficient (Wildman–Crippen LogP) is 1.11. The van der Waals surface area contributed by atoms with Crippen LogP contribution in [0.4, 0.5) is 0 Å². The zero-order valence-electron chi connectivity index (χ0n) is 8.98. The summed E-state index contributed by atoms with van der Waals surface area (Å²) in [5.74, 6) is 1.42. The van der Waals surface area contributed by atoms with E-state index in [1.807, 2.05) is 24.4 Å². The van der Waals surface area contributed by atoms with Crippen LogP contribution in [0.2, 0.25) is 0 Å². The first-order chi connectivity index (χ1) is 8.42. The normalized spacial score (nSPS) is 10.6. The molecule has 3 aromatic heterocycles. The third kappa shape index (κ3) is 2.05. The van der Waals surface area contributed by atoms with Crippen LogP contribution in [0.1, 0.15) is 5.82 Å². The summed E-state index contributed by atoms with van der Waals surface area (Å²) in [7, 11) is 0. The number of pyridine rings is 1. The van der Waals surface area contributed by atoms with E-state index in [1.165, 1.54) is 0 Å². The van der Waals surface area contributed by atoms with Gasteiger partial charge in [-0.2, -0.15) is 10.2 Å². The average molecular weight is 226 g/mol. The number of hydrogen-bond donors (Lipinski definition) is 1. The van der Waals surface area contributed by atoms with Crippen molar-refractivity contribution in [3.05, 3.63) is 48.8 Å². The van der Waals surface area contributed by atoms with E-state index >= 15 is 0 Å². The topological polar surface area (TPSA) is 72.3 Å². The van der Waals surface area contributed by atoms with Gasteiger partial charge < -0.3 is 0 Å². The standard InChI is InChI=1S/C11H10N6/c1-3-9(7-12-4-1)11-14-10(15-16-11)8-17-6-2-5-13-17/h1-7H,8H2,(H,14,15,16). The van der Waals surface area contributed by atoms with E-state index in [2.05, 4.69) is 25.3 Å². The van der Waals surface area contributed by atoms with Gasteiger partial charge in [-0.3, -0.25) is 14.8 Å². The number of nitrogens with zero attached hydrogens (tertiary/aromatic N) is 5. The molecule has 3 heterocycles. The second kappa shape index (κ2) is 4.17. The first-order valence-electron chi connectivity index (χ1n) is 5.21. The highest BCUT2D eigenvalue weighted by Crippen LogP contribution is 2.12. The lowest BCUT2D eigenvalue weighted by molar-refractivity contribution is 0.657. The van der Waals surface area contributed by atoms with Crippen LogP contribution in [-0.4, -0.2) is 29.9 Å². The van der Waals surface area contributed by atoms with Gasteiger partial charge in [0.2, 0.25) is 0 Å². The van der Waals surface area contributed by atoms with Gasteiger partial charge in [0.05, 0.1) is 0 Å². The first kappa shape index (κ1) is 9.71. The second-order valence-electron chi connectivity index (χ2n) is 3.55. The molecule has 0 aliphatic rings. The van der Waals surface area contributed by atoms with Crippen molar-refractivity contribution in [2.45, 2.75) is 6.54 Å². The average Bonchev–Trinajstić information content (AvgIpc) is 3.02. The number of aromatic nitrogens is 6. The molecule has 6 heteroatoms. The van der Waals surface area contributed by atoms with E-state index in [4.69, 9.17) is 0 Å². The van der Waals surface area contributed by atoms with Crippen LogP contribution < -0.4 is 0 Å². The highest BCUT2D eigenvalue weighted by atomic mass is 15.3.